The number of ether oxygens (including phenoxy) is 3. The highest BCUT2D eigenvalue weighted by Crippen LogP contribution is 2.12. The van der Waals surface area contributed by atoms with E-state index in [2.05, 4.69) is 80.7 Å². The molecule has 60 heavy (non-hydrogen) atoms. The number of carboxylic acids is 1. The molecular weight excluding hydrogens is 751 g/mol. The van der Waals surface area contributed by atoms with E-state index in [0.29, 0.717) is 25.7 Å². The van der Waals surface area contributed by atoms with Gasteiger partial charge in [0.2, 0.25) is 0 Å². The molecule has 0 aromatic carbocycles. The maximum absolute atomic E-state index is 12.7. The molecule has 0 rings (SSSR count). The second-order valence-electron chi connectivity index (χ2n) is 15.7. The van der Waals surface area contributed by atoms with Gasteiger partial charge in [0.1, 0.15) is 6.61 Å². The van der Waals surface area contributed by atoms with E-state index in [4.69, 9.17) is 14.2 Å². The van der Waals surface area contributed by atoms with Crippen molar-refractivity contribution in [1.29, 1.82) is 0 Å². The molecule has 8 heteroatoms. The fourth-order valence-electron chi connectivity index (χ4n) is 5.79. The zero-order valence-corrected chi connectivity index (χ0v) is 38.1. The monoisotopic (exact) mass is 833 g/mol. The number of quaternary nitrogens is 1. The van der Waals surface area contributed by atoms with Gasteiger partial charge in [0, 0.05) is 19.3 Å². The minimum atomic E-state index is -0.895. The van der Waals surface area contributed by atoms with Crippen LogP contribution in [0.2, 0.25) is 0 Å². The number of nitrogens with zero attached hydrogens (tertiary/aromatic N) is 1. The van der Waals surface area contributed by atoms with Crippen LogP contribution in [0.15, 0.2) is 122 Å². The van der Waals surface area contributed by atoms with E-state index in [1.54, 1.807) is 0 Å². The van der Waals surface area contributed by atoms with Crippen LogP contribution >= 0.6 is 0 Å². The summed E-state index contributed by atoms with van der Waals surface area (Å²) >= 11 is 0. The van der Waals surface area contributed by atoms with Crippen LogP contribution in [-0.4, -0.2) is 80.6 Å². The van der Waals surface area contributed by atoms with Crippen LogP contribution in [0.5, 0.6) is 0 Å². The molecule has 336 valence electrons. The van der Waals surface area contributed by atoms with Gasteiger partial charge in [-0.25, -0.2) is 4.79 Å². The number of hydrogen-bond donors (Lipinski definition) is 1. The highest BCUT2D eigenvalue weighted by molar-refractivity contribution is 5.72. The summed E-state index contributed by atoms with van der Waals surface area (Å²) in [5, 5.41) is 9.62. The summed E-state index contributed by atoms with van der Waals surface area (Å²) in [6, 6.07) is -0.637. The smallest absolute Gasteiger partial charge is 0.362 e. The second kappa shape index (κ2) is 41.5. The molecule has 0 amide bonds. The van der Waals surface area contributed by atoms with Gasteiger partial charge >= 0.3 is 17.9 Å². The van der Waals surface area contributed by atoms with E-state index in [9.17, 15) is 19.5 Å². The normalized spacial score (nSPS) is 14.1. The van der Waals surface area contributed by atoms with Crippen LogP contribution in [-0.2, 0) is 28.6 Å². The summed E-state index contributed by atoms with van der Waals surface area (Å²) in [7, 11) is 5.48. The molecule has 0 aromatic heterocycles. The molecular formula is C52H82NO7+. The number of rotatable bonds is 38. The third-order valence-electron chi connectivity index (χ3n) is 9.23. The number of carbonyl (C=O) groups is 3. The van der Waals surface area contributed by atoms with E-state index in [1.165, 1.54) is 19.3 Å². The third-order valence-corrected chi connectivity index (χ3v) is 9.23. The van der Waals surface area contributed by atoms with Crippen LogP contribution in [0.1, 0.15) is 136 Å². The molecule has 1 N–H and O–H groups in total. The Hall–Kier alpha value is -4.27. The maximum atomic E-state index is 12.7. The lowest BCUT2D eigenvalue weighted by Gasteiger charge is -2.31. The van der Waals surface area contributed by atoms with Crippen molar-refractivity contribution in [3.63, 3.8) is 0 Å². The van der Waals surface area contributed by atoms with Gasteiger partial charge in [-0.15, -0.1) is 0 Å². The molecule has 0 radical (unpaired) electrons. The largest absolute Gasteiger partial charge is 0.477 e. The standard InChI is InChI=1S/C52H81NO7/c1-6-8-10-12-14-16-18-20-21-22-23-24-25-26-27-28-29-31-32-34-36-38-40-42-50(54)59-47-48(46-58-45-44-49(52(56)57)53(3,4)5)60-51(55)43-41-39-37-35-33-30-19-17-15-13-11-9-7-2/h8-11,13-17,19-21,23-24,26-27,30,33,35,37,48-49H,6-7,12,18,22,25,28-29,31-32,34,36,38-47H2,1-5H3/p+1/b10-8+,11-9+,15-13+,16-14+,19-17+,21-20+,24-23+,27-26+,33-30+,37-35+. The predicted octanol–water partition coefficient (Wildman–Crippen LogP) is 12.6. The Balaban J connectivity index is 4.39. The van der Waals surface area contributed by atoms with Gasteiger partial charge in [0.05, 0.1) is 34.4 Å². The van der Waals surface area contributed by atoms with Gasteiger partial charge in [-0.1, -0.05) is 167 Å². The molecule has 2 unspecified atom stereocenters. The van der Waals surface area contributed by atoms with Crippen molar-refractivity contribution in [3.8, 4) is 0 Å². The number of likely N-dealkylation sites (N-methyl/N-ethyl adjacent to an activating group) is 1. The van der Waals surface area contributed by atoms with Crippen molar-refractivity contribution >= 4 is 17.9 Å². The lowest BCUT2D eigenvalue weighted by atomic mass is 10.1. The number of unbranched alkanes of at least 4 members (excludes halogenated alkanes) is 8. The van der Waals surface area contributed by atoms with E-state index >= 15 is 0 Å². The summed E-state index contributed by atoms with van der Waals surface area (Å²) in [5.41, 5.74) is 0. The zero-order chi connectivity index (χ0) is 44.2. The predicted molar refractivity (Wildman–Crippen MR) is 252 cm³/mol. The molecule has 0 spiro atoms. The Labute approximate surface area is 365 Å². The SMILES string of the molecule is CC/C=C/C=C/C=C/C=C/C=C/CCCC(=O)OC(COCCC(C(=O)O)[N+](C)(C)C)COC(=O)CCCCCCCCC/C=C/C/C=C/C/C=C/C/C=C/C/C=C/CC. The fourth-order valence-corrected chi connectivity index (χ4v) is 5.79. The van der Waals surface area contributed by atoms with Crippen molar-refractivity contribution in [2.24, 2.45) is 0 Å². The third kappa shape index (κ3) is 39.2. The first-order chi connectivity index (χ1) is 29.1. The maximum Gasteiger partial charge on any atom is 0.362 e. The number of allylic oxidation sites excluding steroid dienone is 20. The molecule has 0 saturated carbocycles. The van der Waals surface area contributed by atoms with E-state index < -0.39 is 18.1 Å². The first-order valence-electron chi connectivity index (χ1n) is 22.6. The van der Waals surface area contributed by atoms with Crippen LogP contribution in [0.25, 0.3) is 0 Å². The average molecular weight is 833 g/mol. The fraction of sp³-hybridized carbons (Fsp3) is 0.558. The Bertz CT molecular complexity index is 1390. The zero-order valence-electron chi connectivity index (χ0n) is 38.1. The van der Waals surface area contributed by atoms with Gasteiger partial charge in [0.25, 0.3) is 0 Å². The van der Waals surface area contributed by atoms with Crippen molar-refractivity contribution in [2.75, 3.05) is 41.0 Å². The van der Waals surface area contributed by atoms with Gasteiger partial charge in [-0.05, 0) is 70.6 Å². The number of carboxylic acid groups (broad SMARTS) is 1. The van der Waals surface area contributed by atoms with Gasteiger partial charge < -0.3 is 23.8 Å². The van der Waals surface area contributed by atoms with Gasteiger partial charge in [0.15, 0.2) is 12.1 Å². The van der Waals surface area contributed by atoms with Crippen molar-refractivity contribution in [2.45, 2.75) is 148 Å². The number of carbonyl (C=O) groups excluding carboxylic acids is 2. The van der Waals surface area contributed by atoms with Crippen LogP contribution < -0.4 is 0 Å². The topological polar surface area (TPSA) is 99.1 Å². The second-order valence-corrected chi connectivity index (χ2v) is 15.7. The van der Waals surface area contributed by atoms with E-state index in [0.717, 1.165) is 70.6 Å². The van der Waals surface area contributed by atoms with Gasteiger partial charge in [-0.2, -0.15) is 0 Å². The molecule has 0 bridgehead atoms. The van der Waals surface area contributed by atoms with Crippen LogP contribution in [0.3, 0.4) is 0 Å². The highest BCUT2D eigenvalue weighted by atomic mass is 16.6. The Morgan fingerprint density at radius 3 is 1.53 bits per heavy atom. The molecule has 0 aliphatic heterocycles. The first-order valence-corrected chi connectivity index (χ1v) is 22.6. The summed E-state index contributed by atoms with van der Waals surface area (Å²) in [4.78, 5) is 37.0. The number of hydrogen-bond acceptors (Lipinski definition) is 6. The Morgan fingerprint density at radius 1 is 0.517 bits per heavy atom. The molecule has 0 saturated heterocycles. The van der Waals surface area contributed by atoms with Gasteiger partial charge in [-0.3, -0.25) is 9.59 Å². The quantitative estimate of drug-likeness (QED) is 0.0217. The average Bonchev–Trinajstić information content (AvgIpc) is 3.21. The minimum Gasteiger partial charge on any atom is -0.477 e. The summed E-state index contributed by atoms with van der Waals surface area (Å²) in [6.45, 7) is 4.35. The Kier molecular flexibility index (Phi) is 38.5. The van der Waals surface area contributed by atoms with Crippen molar-refractivity contribution in [3.05, 3.63) is 122 Å². The summed E-state index contributed by atoms with van der Waals surface area (Å²) in [6.07, 6.45) is 58.3. The molecule has 0 aliphatic carbocycles. The molecule has 0 aromatic rings. The van der Waals surface area contributed by atoms with E-state index in [-0.39, 0.29) is 42.7 Å². The van der Waals surface area contributed by atoms with Crippen LogP contribution in [0, 0.1) is 0 Å². The molecule has 2 atom stereocenters. The summed E-state index contributed by atoms with van der Waals surface area (Å²) < 4.78 is 17.2. The highest BCUT2D eigenvalue weighted by Gasteiger charge is 2.31. The summed E-state index contributed by atoms with van der Waals surface area (Å²) in [5.74, 6) is -1.60. The molecule has 0 heterocycles. The molecule has 8 nitrogen and oxygen atoms in total. The van der Waals surface area contributed by atoms with Crippen molar-refractivity contribution in [1.82, 2.24) is 0 Å². The van der Waals surface area contributed by atoms with Crippen LogP contribution in [0.4, 0.5) is 0 Å². The number of esters is 2. The van der Waals surface area contributed by atoms with E-state index in [1.807, 2.05) is 75.8 Å². The minimum absolute atomic E-state index is 0.0197. The first kappa shape index (κ1) is 55.7. The Morgan fingerprint density at radius 2 is 0.983 bits per heavy atom. The molecule has 0 fully saturated rings. The van der Waals surface area contributed by atoms with Crippen molar-refractivity contribution < 1.29 is 38.2 Å². The lowest BCUT2D eigenvalue weighted by Crippen LogP contribution is -2.50. The number of aliphatic carboxylic acids is 1. The molecule has 0 aliphatic rings. The lowest BCUT2D eigenvalue weighted by molar-refractivity contribution is -0.887.